The van der Waals surface area contributed by atoms with Crippen molar-refractivity contribution in [3.63, 3.8) is 0 Å². The number of rotatable bonds is 10. The van der Waals surface area contributed by atoms with Crippen LogP contribution in [0.15, 0.2) is 195 Å². The Morgan fingerprint density at radius 1 is 0.371 bits per heavy atom. The maximum absolute atomic E-state index is 9.45. The molecule has 2 heterocycles. The van der Waals surface area contributed by atoms with Gasteiger partial charge in [0.25, 0.3) is 0 Å². The largest absolute Gasteiger partial charge is 0.309 e. The van der Waals surface area contributed by atoms with Crippen LogP contribution in [0.4, 0.5) is 34.1 Å². The average Bonchev–Trinajstić information content (AvgIpc) is 3.76. The van der Waals surface area contributed by atoms with Crippen LogP contribution in [0, 0.1) is 22.7 Å². The van der Waals surface area contributed by atoms with E-state index in [0.29, 0.717) is 11.1 Å². The second-order valence-electron chi connectivity index (χ2n) is 19.1. The van der Waals surface area contributed by atoms with Gasteiger partial charge in [0.1, 0.15) is 0 Å². The molecule has 0 N–H and O–H groups in total. The first kappa shape index (κ1) is 43.5. The maximum atomic E-state index is 9.45. The molecule has 334 valence electrons. The molecule has 70 heavy (non-hydrogen) atoms. The second-order valence-corrected chi connectivity index (χ2v) is 19.1. The lowest BCUT2D eigenvalue weighted by molar-refractivity contribution is 0.660. The van der Waals surface area contributed by atoms with Crippen LogP contribution in [0.1, 0.15) is 83.3 Å². The summed E-state index contributed by atoms with van der Waals surface area (Å²) in [5.74, 6) is 0. The van der Waals surface area contributed by atoms with E-state index in [1.54, 1.807) is 12.4 Å². The third kappa shape index (κ3) is 7.82. The highest BCUT2D eigenvalue weighted by Crippen LogP contribution is 2.53. The lowest BCUT2D eigenvalue weighted by Crippen LogP contribution is -2.16. The van der Waals surface area contributed by atoms with Crippen molar-refractivity contribution >= 4 is 58.4 Å². The van der Waals surface area contributed by atoms with Crippen molar-refractivity contribution in [2.24, 2.45) is 0 Å². The normalized spacial score (nSPS) is 13.5. The molecule has 7 aromatic carbocycles. The molecule has 6 nitrogen and oxygen atoms in total. The molecule has 0 unspecified atom stereocenters. The zero-order valence-electron chi connectivity index (χ0n) is 39.5. The standard InChI is InChI=1S/C64H48N6/c1-63(2)59-35-45(21-29-55(59)57-31-27-51(37-61(57)63)69(53-7-5-33-67-41-53)49-23-17-47(39-65)18-24-49)15-13-43-9-11-44(12-10-43)14-16-46-22-30-56-58-32-28-52(38-62(58)64(3,4)60(56)36-46)70(54-8-6-34-68-42-54)50-25-19-48(40-66)20-26-50/h5-38,41-42H,1-4H3/b15-13+,16-14+. The molecule has 0 radical (unpaired) electrons. The Balaban J connectivity index is 0.796. The number of hydrogen-bond donors (Lipinski definition) is 0. The van der Waals surface area contributed by atoms with Crippen molar-refractivity contribution in [2.75, 3.05) is 9.80 Å². The summed E-state index contributed by atoms with van der Waals surface area (Å²) in [6.45, 7) is 9.26. The number of benzene rings is 7. The van der Waals surface area contributed by atoms with Crippen LogP contribution in [0.5, 0.6) is 0 Å². The predicted octanol–water partition coefficient (Wildman–Crippen LogP) is 16.1. The maximum Gasteiger partial charge on any atom is 0.0991 e. The summed E-state index contributed by atoms with van der Waals surface area (Å²) in [6.07, 6.45) is 16.1. The average molecular weight is 901 g/mol. The van der Waals surface area contributed by atoms with E-state index in [1.807, 2.05) is 73.1 Å². The van der Waals surface area contributed by atoms with Gasteiger partial charge in [0.05, 0.1) is 47.0 Å². The number of nitrogens with zero attached hydrogens (tertiary/aromatic N) is 6. The molecule has 0 aliphatic heterocycles. The van der Waals surface area contributed by atoms with Gasteiger partial charge in [-0.1, -0.05) is 125 Å². The number of hydrogen-bond acceptors (Lipinski definition) is 6. The van der Waals surface area contributed by atoms with Crippen molar-refractivity contribution in [1.29, 1.82) is 10.5 Å². The van der Waals surface area contributed by atoms with E-state index < -0.39 is 0 Å². The Bertz CT molecular complexity index is 3350. The van der Waals surface area contributed by atoms with Gasteiger partial charge in [0.2, 0.25) is 0 Å². The van der Waals surface area contributed by atoms with Crippen LogP contribution < -0.4 is 9.80 Å². The molecular weight excluding hydrogens is 853 g/mol. The fourth-order valence-electron chi connectivity index (χ4n) is 10.3. The topological polar surface area (TPSA) is 79.8 Å². The van der Waals surface area contributed by atoms with Gasteiger partial charge in [0, 0.05) is 46.0 Å². The summed E-state index contributed by atoms with van der Waals surface area (Å²) in [5, 5.41) is 18.9. The molecule has 0 bridgehead atoms. The molecule has 0 amide bonds. The fourth-order valence-corrected chi connectivity index (χ4v) is 10.3. The number of aromatic nitrogens is 2. The van der Waals surface area contributed by atoms with E-state index >= 15 is 0 Å². The van der Waals surface area contributed by atoms with Crippen LogP contribution >= 0.6 is 0 Å². The van der Waals surface area contributed by atoms with Gasteiger partial charge < -0.3 is 9.80 Å². The van der Waals surface area contributed by atoms with Crippen molar-refractivity contribution < 1.29 is 0 Å². The molecule has 2 aliphatic rings. The third-order valence-corrected chi connectivity index (χ3v) is 14.1. The number of nitriles is 2. The Morgan fingerprint density at radius 3 is 1.06 bits per heavy atom. The predicted molar refractivity (Wildman–Crippen MR) is 287 cm³/mol. The zero-order valence-corrected chi connectivity index (χ0v) is 39.5. The van der Waals surface area contributed by atoms with E-state index in [0.717, 1.165) is 56.4 Å². The number of pyridine rings is 2. The molecule has 2 aromatic heterocycles. The monoisotopic (exact) mass is 900 g/mol. The Hall–Kier alpha value is -9.10. The molecular formula is C64H48N6. The van der Waals surface area contributed by atoms with Crippen molar-refractivity contribution in [3.05, 3.63) is 250 Å². The Labute approximate surface area is 410 Å². The molecule has 0 saturated heterocycles. The smallest absolute Gasteiger partial charge is 0.0991 e. The molecule has 0 saturated carbocycles. The van der Waals surface area contributed by atoms with E-state index in [4.69, 9.17) is 0 Å². The van der Waals surface area contributed by atoms with Crippen molar-refractivity contribution in [2.45, 2.75) is 38.5 Å². The highest BCUT2D eigenvalue weighted by Gasteiger charge is 2.37. The Kier molecular flexibility index (Phi) is 10.9. The molecule has 6 heteroatoms. The van der Waals surface area contributed by atoms with Gasteiger partial charge in [-0.3, -0.25) is 9.97 Å². The van der Waals surface area contributed by atoms with Gasteiger partial charge in [-0.05, 0) is 164 Å². The minimum Gasteiger partial charge on any atom is -0.309 e. The molecule has 2 aliphatic carbocycles. The first-order valence-electron chi connectivity index (χ1n) is 23.5. The van der Waals surface area contributed by atoms with Gasteiger partial charge in [-0.2, -0.15) is 10.5 Å². The van der Waals surface area contributed by atoms with Gasteiger partial charge in [-0.15, -0.1) is 0 Å². The molecule has 9 aromatic rings. The zero-order chi connectivity index (χ0) is 48.0. The van der Waals surface area contributed by atoms with Gasteiger partial charge in [-0.25, -0.2) is 0 Å². The van der Waals surface area contributed by atoms with Crippen LogP contribution in [0.3, 0.4) is 0 Å². The number of fused-ring (bicyclic) bond motifs is 6. The van der Waals surface area contributed by atoms with Crippen LogP contribution in [-0.2, 0) is 10.8 Å². The molecule has 0 fully saturated rings. The van der Waals surface area contributed by atoms with Crippen LogP contribution in [0.25, 0.3) is 46.6 Å². The molecule has 11 rings (SSSR count). The molecule has 0 spiro atoms. The Morgan fingerprint density at radius 2 is 0.700 bits per heavy atom. The summed E-state index contributed by atoms with van der Waals surface area (Å²) in [4.78, 5) is 13.3. The van der Waals surface area contributed by atoms with E-state index in [9.17, 15) is 10.5 Å². The number of anilines is 6. The minimum absolute atomic E-state index is 0.220. The molecule has 0 atom stereocenters. The first-order chi connectivity index (χ1) is 34.1. The van der Waals surface area contributed by atoms with Crippen molar-refractivity contribution in [3.8, 4) is 34.4 Å². The van der Waals surface area contributed by atoms with Gasteiger partial charge in [0.15, 0.2) is 0 Å². The SMILES string of the molecule is CC1(C)c2cc(/C=C/c3ccc(/C=C/c4ccc5c(c4)C(C)(C)c4cc(N(c6ccc(C#N)cc6)c6cccnc6)ccc4-5)cc3)ccc2-c2ccc(N(c3ccc(C#N)cc3)c3cccnc3)cc21. The van der Waals surface area contributed by atoms with Crippen molar-refractivity contribution in [1.82, 2.24) is 9.97 Å². The van der Waals surface area contributed by atoms with E-state index in [2.05, 4.69) is 193 Å². The highest BCUT2D eigenvalue weighted by molar-refractivity contribution is 5.89. The van der Waals surface area contributed by atoms with Crippen LogP contribution in [-0.4, -0.2) is 9.97 Å². The van der Waals surface area contributed by atoms with Gasteiger partial charge >= 0.3 is 0 Å². The van der Waals surface area contributed by atoms with E-state index in [-0.39, 0.29) is 10.8 Å². The third-order valence-electron chi connectivity index (χ3n) is 14.1. The first-order valence-corrected chi connectivity index (χ1v) is 23.5. The van der Waals surface area contributed by atoms with E-state index in [1.165, 1.54) is 44.5 Å². The lowest BCUT2D eigenvalue weighted by Gasteiger charge is -2.28. The summed E-state index contributed by atoms with van der Waals surface area (Å²) < 4.78 is 0. The minimum atomic E-state index is -0.220. The lowest BCUT2D eigenvalue weighted by atomic mass is 9.81. The summed E-state index contributed by atoms with van der Waals surface area (Å²) in [5.41, 5.74) is 21.6. The fraction of sp³-hybridized carbons (Fsp3) is 0.0938. The second kappa shape index (κ2) is 17.5. The summed E-state index contributed by atoms with van der Waals surface area (Å²) >= 11 is 0. The summed E-state index contributed by atoms with van der Waals surface area (Å²) in [6, 6.07) is 63.8. The highest BCUT2D eigenvalue weighted by atomic mass is 15.2. The van der Waals surface area contributed by atoms with Crippen LogP contribution in [0.2, 0.25) is 0 Å². The summed E-state index contributed by atoms with van der Waals surface area (Å²) in [7, 11) is 0. The quantitative estimate of drug-likeness (QED) is 0.127.